The molecule has 0 saturated carbocycles. The van der Waals surface area contributed by atoms with Crippen LogP contribution in [-0.2, 0) is 11.5 Å². The van der Waals surface area contributed by atoms with Crippen LogP contribution in [0.2, 0.25) is 19.6 Å². The average Bonchev–Trinajstić information content (AvgIpc) is 2.15. The van der Waals surface area contributed by atoms with E-state index >= 15 is 0 Å². The molecule has 3 nitrogen and oxygen atoms in total. The van der Waals surface area contributed by atoms with E-state index in [0.717, 1.165) is 0 Å². The van der Waals surface area contributed by atoms with Gasteiger partial charge in [-0.3, -0.25) is 4.79 Å². The van der Waals surface area contributed by atoms with E-state index < -0.39 is 8.07 Å². The molecule has 1 rings (SSSR count). The molecule has 4 heteroatoms. The van der Waals surface area contributed by atoms with E-state index in [0.29, 0.717) is 12.5 Å². The fourth-order valence-corrected chi connectivity index (χ4v) is 1.55. The Morgan fingerprint density at radius 3 is 2.33 bits per heavy atom. The van der Waals surface area contributed by atoms with Crippen LogP contribution in [0.15, 0.2) is 29.3 Å². The van der Waals surface area contributed by atoms with Crippen LogP contribution in [0.3, 0.4) is 0 Å². The van der Waals surface area contributed by atoms with Gasteiger partial charge in [-0.1, -0.05) is 19.6 Å². The molecule has 0 saturated heterocycles. The summed E-state index contributed by atoms with van der Waals surface area (Å²) in [6.45, 7) is 9.48. The number of nitrogens with zero attached hydrogens (tertiary/aromatic N) is 1. The smallest absolute Gasteiger partial charge is 0.181 e. The maximum atomic E-state index is 10.9. The molecular weight excluding hydrogens is 206 g/mol. The fourth-order valence-electron chi connectivity index (χ4n) is 0.978. The summed E-state index contributed by atoms with van der Waals surface area (Å²) in [5.41, 5.74) is 0.349. The first-order valence-electron chi connectivity index (χ1n) is 5.17. The van der Waals surface area contributed by atoms with Crippen molar-refractivity contribution in [2.75, 3.05) is 0 Å². The second-order valence-corrected chi connectivity index (χ2v) is 10.4. The van der Waals surface area contributed by atoms with E-state index in [-0.39, 0.29) is 5.43 Å². The molecule has 0 amide bonds. The number of ether oxygens (including phenoxy) is 1. The molecule has 0 aliphatic carbocycles. The molecule has 0 radical (unpaired) electrons. The van der Waals surface area contributed by atoms with Gasteiger partial charge in [0.2, 0.25) is 0 Å². The number of aromatic nitrogens is 1. The summed E-state index contributed by atoms with van der Waals surface area (Å²) in [5.74, 6) is 0. The van der Waals surface area contributed by atoms with Crippen molar-refractivity contribution in [3.8, 4) is 0 Å². The minimum absolute atomic E-state index is 0.0319. The lowest BCUT2D eigenvalue weighted by Gasteiger charge is -2.25. The Hall–Kier alpha value is -0.873. The Bertz CT molecular complexity index is 347. The Morgan fingerprint density at radius 1 is 1.33 bits per heavy atom. The van der Waals surface area contributed by atoms with Crippen LogP contribution in [0, 0.1) is 0 Å². The predicted octanol–water partition coefficient (Wildman–Crippen LogP) is 2.09. The molecule has 0 aromatic carbocycles. The predicted molar refractivity (Wildman–Crippen MR) is 64.6 cm³/mol. The summed E-state index contributed by atoms with van der Waals surface area (Å²) in [7, 11) is -1.22. The van der Waals surface area contributed by atoms with Crippen molar-refractivity contribution in [1.29, 1.82) is 0 Å². The van der Waals surface area contributed by atoms with E-state index in [4.69, 9.17) is 4.74 Å². The molecule has 0 bridgehead atoms. The van der Waals surface area contributed by atoms with Crippen molar-refractivity contribution in [3.05, 3.63) is 34.7 Å². The monoisotopic (exact) mass is 225 g/mol. The summed E-state index contributed by atoms with van der Waals surface area (Å²) in [6, 6.07) is 3.09. The molecule has 1 unspecified atom stereocenters. The molecule has 0 fully saturated rings. The van der Waals surface area contributed by atoms with E-state index in [2.05, 4.69) is 26.6 Å². The van der Waals surface area contributed by atoms with E-state index in [1.54, 1.807) is 24.5 Å². The first kappa shape index (κ1) is 12.2. The lowest BCUT2D eigenvalue weighted by atomic mass is 10.5. The highest BCUT2D eigenvalue weighted by atomic mass is 28.3. The van der Waals surface area contributed by atoms with Crippen LogP contribution in [0.5, 0.6) is 0 Å². The van der Waals surface area contributed by atoms with E-state index in [1.807, 2.05) is 4.57 Å². The Morgan fingerprint density at radius 2 is 1.87 bits per heavy atom. The molecule has 0 N–H and O–H groups in total. The van der Waals surface area contributed by atoms with Crippen molar-refractivity contribution in [1.82, 2.24) is 4.57 Å². The normalized spacial score (nSPS) is 13.9. The van der Waals surface area contributed by atoms with Gasteiger partial charge in [-0.2, -0.15) is 0 Å². The van der Waals surface area contributed by atoms with Gasteiger partial charge in [0.1, 0.15) is 6.73 Å². The summed E-state index contributed by atoms with van der Waals surface area (Å²) < 4.78 is 7.63. The Kier molecular flexibility index (Phi) is 3.88. The zero-order valence-electron chi connectivity index (χ0n) is 9.86. The van der Waals surface area contributed by atoms with Crippen LogP contribution in [0.25, 0.3) is 0 Å². The summed E-state index contributed by atoms with van der Waals surface area (Å²) >= 11 is 0. The van der Waals surface area contributed by atoms with Gasteiger partial charge in [-0.25, -0.2) is 0 Å². The first-order valence-corrected chi connectivity index (χ1v) is 8.75. The van der Waals surface area contributed by atoms with Gasteiger partial charge in [0.05, 0.1) is 8.07 Å². The Labute approximate surface area is 91.7 Å². The molecule has 1 aromatic heterocycles. The zero-order chi connectivity index (χ0) is 11.5. The molecule has 0 spiro atoms. The minimum atomic E-state index is -1.22. The minimum Gasteiger partial charge on any atom is -0.361 e. The van der Waals surface area contributed by atoms with Crippen molar-refractivity contribution in [2.45, 2.75) is 39.0 Å². The zero-order valence-corrected chi connectivity index (χ0v) is 10.9. The van der Waals surface area contributed by atoms with Crippen molar-refractivity contribution < 1.29 is 4.74 Å². The number of rotatable bonds is 4. The first-order chi connectivity index (χ1) is 6.89. The lowest BCUT2D eigenvalue weighted by molar-refractivity contribution is 0.0562. The van der Waals surface area contributed by atoms with Gasteiger partial charge in [0.25, 0.3) is 0 Å². The van der Waals surface area contributed by atoms with Crippen LogP contribution < -0.4 is 5.43 Å². The number of hydrogen-bond donors (Lipinski definition) is 0. The van der Waals surface area contributed by atoms with Crippen LogP contribution in [-0.4, -0.2) is 18.4 Å². The molecule has 1 heterocycles. The SMILES string of the molecule is CC(OCn1ccc(=O)cc1)[Si](C)(C)C. The third kappa shape index (κ3) is 4.01. The van der Waals surface area contributed by atoms with Gasteiger partial charge in [-0.05, 0) is 6.92 Å². The largest absolute Gasteiger partial charge is 0.361 e. The van der Waals surface area contributed by atoms with Gasteiger partial charge in [0, 0.05) is 30.3 Å². The highest BCUT2D eigenvalue weighted by Gasteiger charge is 2.22. The summed E-state index contributed by atoms with van der Waals surface area (Å²) in [5, 5.41) is 0. The molecule has 15 heavy (non-hydrogen) atoms. The third-order valence-corrected chi connectivity index (χ3v) is 5.16. The molecule has 0 aliphatic heterocycles. The number of pyridine rings is 1. The Balaban J connectivity index is 2.51. The van der Waals surface area contributed by atoms with Crippen molar-refractivity contribution in [3.63, 3.8) is 0 Å². The van der Waals surface area contributed by atoms with Crippen LogP contribution in [0.4, 0.5) is 0 Å². The highest BCUT2D eigenvalue weighted by molar-refractivity contribution is 6.77. The van der Waals surface area contributed by atoms with E-state index in [1.165, 1.54) is 0 Å². The van der Waals surface area contributed by atoms with Gasteiger partial charge in [-0.15, -0.1) is 0 Å². The second kappa shape index (κ2) is 4.77. The average molecular weight is 225 g/mol. The fraction of sp³-hybridized carbons (Fsp3) is 0.545. The molecule has 1 aromatic rings. The topological polar surface area (TPSA) is 31.2 Å². The van der Waals surface area contributed by atoms with Crippen LogP contribution in [0.1, 0.15) is 6.92 Å². The van der Waals surface area contributed by atoms with Gasteiger partial charge < -0.3 is 9.30 Å². The third-order valence-electron chi connectivity index (χ3n) is 2.55. The summed E-state index contributed by atoms with van der Waals surface area (Å²) in [6.07, 6.45) is 3.50. The molecule has 0 aliphatic rings. The molecule has 1 atom stereocenters. The number of hydrogen-bond acceptors (Lipinski definition) is 2. The second-order valence-electron chi connectivity index (χ2n) is 4.85. The van der Waals surface area contributed by atoms with Crippen molar-refractivity contribution >= 4 is 8.07 Å². The summed E-state index contributed by atoms with van der Waals surface area (Å²) in [4.78, 5) is 10.9. The molecule has 84 valence electrons. The quantitative estimate of drug-likeness (QED) is 0.735. The standard InChI is InChI=1S/C11H19NO2Si/c1-10(15(2,3)4)14-9-12-7-5-11(13)6-8-12/h5-8,10H,9H2,1-4H3. The van der Waals surface area contributed by atoms with Crippen LogP contribution >= 0.6 is 0 Å². The maximum Gasteiger partial charge on any atom is 0.181 e. The highest BCUT2D eigenvalue weighted by Crippen LogP contribution is 2.11. The lowest BCUT2D eigenvalue weighted by Crippen LogP contribution is -2.38. The van der Waals surface area contributed by atoms with E-state index in [9.17, 15) is 4.79 Å². The van der Waals surface area contributed by atoms with Crippen molar-refractivity contribution in [2.24, 2.45) is 0 Å². The van der Waals surface area contributed by atoms with Gasteiger partial charge in [0.15, 0.2) is 5.43 Å². The van der Waals surface area contributed by atoms with Gasteiger partial charge >= 0.3 is 0 Å². The maximum absolute atomic E-state index is 10.9. The molecular formula is C11H19NO2Si.